The fourth-order valence-corrected chi connectivity index (χ4v) is 2.39. The molecule has 4 heteroatoms. The van der Waals surface area contributed by atoms with Crippen molar-refractivity contribution in [3.63, 3.8) is 0 Å². The van der Waals surface area contributed by atoms with Crippen LogP contribution in [-0.2, 0) is 11.3 Å². The molecular formula is C13H19ClN2O. The average Bonchev–Trinajstić information content (AvgIpc) is 2.34. The van der Waals surface area contributed by atoms with E-state index in [-0.39, 0.29) is 0 Å². The molecular weight excluding hydrogens is 236 g/mol. The van der Waals surface area contributed by atoms with Crippen molar-refractivity contribution in [1.29, 1.82) is 0 Å². The SMILES string of the molecule is CCC1COCCN1Cc1cc(N)ccc1Cl. The molecule has 2 N–H and O–H groups in total. The van der Waals surface area contributed by atoms with Gasteiger partial charge in [0, 0.05) is 29.8 Å². The molecule has 0 bridgehead atoms. The van der Waals surface area contributed by atoms with Gasteiger partial charge in [0.25, 0.3) is 0 Å². The van der Waals surface area contributed by atoms with Gasteiger partial charge in [-0.2, -0.15) is 0 Å². The fraction of sp³-hybridized carbons (Fsp3) is 0.538. The number of rotatable bonds is 3. The molecule has 1 aliphatic rings. The van der Waals surface area contributed by atoms with Gasteiger partial charge in [0.05, 0.1) is 13.2 Å². The highest BCUT2D eigenvalue weighted by Crippen LogP contribution is 2.22. The first-order valence-electron chi connectivity index (χ1n) is 6.06. The van der Waals surface area contributed by atoms with Gasteiger partial charge >= 0.3 is 0 Å². The van der Waals surface area contributed by atoms with Crippen molar-refractivity contribution in [3.05, 3.63) is 28.8 Å². The van der Waals surface area contributed by atoms with Gasteiger partial charge < -0.3 is 10.5 Å². The van der Waals surface area contributed by atoms with Gasteiger partial charge in [-0.3, -0.25) is 4.90 Å². The number of nitrogens with zero attached hydrogens (tertiary/aromatic N) is 1. The van der Waals surface area contributed by atoms with Crippen molar-refractivity contribution in [2.75, 3.05) is 25.5 Å². The van der Waals surface area contributed by atoms with Crippen LogP contribution in [0.4, 0.5) is 5.69 Å². The Morgan fingerprint density at radius 2 is 2.35 bits per heavy atom. The first-order chi connectivity index (χ1) is 8.20. The number of nitrogen functional groups attached to an aromatic ring is 1. The van der Waals surface area contributed by atoms with Crippen molar-refractivity contribution in [2.24, 2.45) is 0 Å². The molecule has 0 radical (unpaired) electrons. The predicted octanol–water partition coefficient (Wildman–Crippen LogP) is 2.53. The van der Waals surface area contributed by atoms with E-state index in [1.54, 1.807) is 0 Å². The number of hydrogen-bond acceptors (Lipinski definition) is 3. The van der Waals surface area contributed by atoms with Crippen LogP contribution in [0.2, 0.25) is 5.02 Å². The second kappa shape index (κ2) is 5.71. The second-order valence-corrected chi connectivity index (χ2v) is 4.87. The van der Waals surface area contributed by atoms with Crippen LogP contribution in [0, 0.1) is 0 Å². The summed E-state index contributed by atoms with van der Waals surface area (Å²) >= 11 is 6.19. The van der Waals surface area contributed by atoms with Crippen LogP contribution >= 0.6 is 11.6 Å². The molecule has 1 heterocycles. The minimum absolute atomic E-state index is 0.487. The largest absolute Gasteiger partial charge is 0.399 e. The van der Waals surface area contributed by atoms with Crippen molar-refractivity contribution in [1.82, 2.24) is 4.90 Å². The molecule has 0 saturated carbocycles. The van der Waals surface area contributed by atoms with Crippen LogP contribution in [0.1, 0.15) is 18.9 Å². The molecule has 0 spiro atoms. The Labute approximate surface area is 107 Å². The van der Waals surface area contributed by atoms with Gasteiger partial charge in [-0.05, 0) is 30.2 Å². The highest BCUT2D eigenvalue weighted by Gasteiger charge is 2.21. The van der Waals surface area contributed by atoms with Gasteiger partial charge in [0.2, 0.25) is 0 Å². The Hall–Kier alpha value is -0.770. The smallest absolute Gasteiger partial charge is 0.0622 e. The predicted molar refractivity (Wildman–Crippen MR) is 71.2 cm³/mol. The van der Waals surface area contributed by atoms with Gasteiger partial charge in [0.15, 0.2) is 0 Å². The lowest BCUT2D eigenvalue weighted by atomic mass is 10.1. The lowest BCUT2D eigenvalue weighted by Gasteiger charge is -2.35. The van der Waals surface area contributed by atoms with E-state index >= 15 is 0 Å². The molecule has 17 heavy (non-hydrogen) atoms. The Bertz CT molecular complexity index is 384. The highest BCUT2D eigenvalue weighted by atomic mass is 35.5. The first kappa shape index (κ1) is 12.7. The molecule has 1 aromatic rings. The zero-order valence-corrected chi connectivity index (χ0v) is 10.9. The molecule has 1 atom stereocenters. The molecule has 1 aromatic carbocycles. The summed E-state index contributed by atoms with van der Waals surface area (Å²) in [5.74, 6) is 0. The van der Waals surface area contributed by atoms with Crippen LogP contribution in [0.3, 0.4) is 0 Å². The quantitative estimate of drug-likeness (QED) is 0.843. The third kappa shape index (κ3) is 3.12. The van der Waals surface area contributed by atoms with Crippen molar-refractivity contribution >= 4 is 17.3 Å². The highest BCUT2D eigenvalue weighted by molar-refractivity contribution is 6.31. The molecule has 1 aliphatic heterocycles. The van der Waals surface area contributed by atoms with E-state index in [9.17, 15) is 0 Å². The van der Waals surface area contributed by atoms with Gasteiger partial charge in [-0.1, -0.05) is 18.5 Å². The number of benzene rings is 1. The number of ether oxygens (including phenoxy) is 1. The summed E-state index contributed by atoms with van der Waals surface area (Å²) in [6.07, 6.45) is 1.10. The van der Waals surface area contributed by atoms with Gasteiger partial charge in [-0.25, -0.2) is 0 Å². The molecule has 2 rings (SSSR count). The summed E-state index contributed by atoms with van der Waals surface area (Å²) in [6, 6.07) is 6.15. The van der Waals surface area contributed by atoms with Crippen LogP contribution in [-0.4, -0.2) is 30.7 Å². The number of halogens is 1. The lowest BCUT2D eigenvalue weighted by Crippen LogP contribution is -2.44. The van der Waals surface area contributed by atoms with E-state index in [4.69, 9.17) is 22.1 Å². The normalized spacial score (nSPS) is 21.6. The zero-order valence-electron chi connectivity index (χ0n) is 10.2. The third-order valence-electron chi connectivity index (χ3n) is 3.26. The molecule has 3 nitrogen and oxygen atoms in total. The average molecular weight is 255 g/mol. The topological polar surface area (TPSA) is 38.5 Å². The van der Waals surface area contributed by atoms with E-state index in [0.29, 0.717) is 6.04 Å². The van der Waals surface area contributed by atoms with Crippen LogP contribution < -0.4 is 5.73 Å². The summed E-state index contributed by atoms with van der Waals surface area (Å²) < 4.78 is 5.50. The standard InChI is InChI=1S/C13H19ClN2O/c1-2-12-9-17-6-5-16(12)8-10-7-11(15)3-4-13(10)14/h3-4,7,12H,2,5-6,8-9,15H2,1H3. The summed E-state index contributed by atoms with van der Waals surface area (Å²) in [6.45, 7) is 5.62. The number of hydrogen-bond donors (Lipinski definition) is 1. The summed E-state index contributed by atoms with van der Waals surface area (Å²) in [5, 5.41) is 0.792. The van der Waals surface area contributed by atoms with Crippen LogP contribution in [0.15, 0.2) is 18.2 Å². The number of morpholine rings is 1. The third-order valence-corrected chi connectivity index (χ3v) is 3.63. The molecule has 1 unspecified atom stereocenters. The van der Waals surface area contributed by atoms with Crippen molar-refractivity contribution in [2.45, 2.75) is 25.9 Å². The van der Waals surface area contributed by atoms with E-state index < -0.39 is 0 Å². The molecule has 0 aliphatic carbocycles. The Kier molecular flexibility index (Phi) is 4.26. The first-order valence-corrected chi connectivity index (χ1v) is 6.44. The maximum absolute atomic E-state index is 6.19. The fourth-order valence-electron chi connectivity index (χ4n) is 2.21. The molecule has 0 aromatic heterocycles. The second-order valence-electron chi connectivity index (χ2n) is 4.46. The Morgan fingerprint density at radius 1 is 1.53 bits per heavy atom. The summed E-state index contributed by atoms with van der Waals surface area (Å²) in [4.78, 5) is 2.42. The lowest BCUT2D eigenvalue weighted by molar-refractivity contribution is -0.0127. The Balaban J connectivity index is 2.10. The van der Waals surface area contributed by atoms with Crippen LogP contribution in [0.5, 0.6) is 0 Å². The molecule has 94 valence electrons. The number of anilines is 1. The van der Waals surface area contributed by atoms with Gasteiger partial charge in [0.1, 0.15) is 0 Å². The number of nitrogens with two attached hydrogens (primary N) is 1. The maximum Gasteiger partial charge on any atom is 0.0622 e. The van der Waals surface area contributed by atoms with Crippen molar-refractivity contribution in [3.8, 4) is 0 Å². The van der Waals surface area contributed by atoms with E-state index in [1.165, 1.54) is 0 Å². The Morgan fingerprint density at radius 3 is 3.12 bits per heavy atom. The van der Waals surface area contributed by atoms with E-state index in [2.05, 4.69) is 11.8 Å². The summed E-state index contributed by atoms with van der Waals surface area (Å²) in [5.41, 5.74) is 7.67. The minimum Gasteiger partial charge on any atom is -0.399 e. The molecule has 0 amide bonds. The van der Waals surface area contributed by atoms with Crippen molar-refractivity contribution < 1.29 is 4.74 Å². The van der Waals surface area contributed by atoms with E-state index in [0.717, 1.165) is 49.0 Å². The van der Waals surface area contributed by atoms with Crippen LogP contribution in [0.25, 0.3) is 0 Å². The molecule has 1 saturated heterocycles. The summed E-state index contributed by atoms with van der Waals surface area (Å²) in [7, 11) is 0. The molecule has 1 fully saturated rings. The monoisotopic (exact) mass is 254 g/mol. The minimum atomic E-state index is 0.487. The van der Waals surface area contributed by atoms with E-state index in [1.807, 2.05) is 18.2 Å². The maximum atomic E-state index is 6.19. The zero-order chi connectivity index (χ0) is 12.3. The van der Waals surface area contributed by atoms with Gasteiger partial charge in [-0.15, -0.1) is 0 Å².